The number of carbonyl (C=O) groups excluding carboxylic acids is 2. The monoisotopic (exact) mass is 397 g/mol. The van der Waals surface area contributed by atoms with Gasteiger partial charge in [0, 0.05) is 11.9 Å². The fourth-order valence-electron chi connectivity index (χ4n) is 3.37. The maximum atomic E-state index is 13.4. The first-order valence-corrected chi connectivity index (χ1v) is 9.30. The molecule has 1 amide bonds. The molecule has 0 aliphatic carbocycles. The van der Waals surface area contributed by atoms with Crippen molar-refractivity contribution in [2.75, 3.05) is 26.3 Å². The van der Waals surface area contributed by atoms with Crippen LogP contribution in [0.2, 0.25) is 0 Å². The van der Waals surface area contributed by atoms with Gasteiger partial charge in [0.15, 0.2) is 11.5 Å². The highest BCUT2D eigenvalue weighted by Gasteiger charge is 2.28. The Kier molecular flexibility index (Phi) is 5.26. The van der Waals surface area contributed by atoms with Crippen LogP contribution in [0.25, 0.3) is 10.9 Å². The van der Waals surface area contributed by atoms with Gasteiger partial charge in [0.1, 0.15) is 24.3 Å². The van der Waals surface area contributed by atoms with E-state index in [1.165, 1.54) is 19.1 Å². The number of aromatic amines is 1. The molecule has 2 heterocycles. The third-order valence-electron chi connectivity index (χ3n) is 4.84. The molecule has 1 atom stereocenters. The topological polar surface area (TPSA) is 84.5 Å². The van der Waals surface area contributed by atoms with E-state index in [1.54, 1.807) is 4.90 Å². The van der Waals surface area contributed by atoms with Crippen LogP contribution in [0.4, 0.5) is 4.39 Å². The van der Waals surface area contributed by atoms with Crippen molar-refractivity contribution in [3.63, 3.8) is 0 Å². The van der Waals surface area contributed by atoms with Gasteiger partial charge >= 0.3 is 0 Å². The van der Waals surface area contributed by atoms with Crippen molar-refractivity contribution in [3.05, 3.63) is 59.5 Å². The van der Waals surface area contributed by atoms with Gasteiger partial charge in [-0.2, -0.15) is 5.10 Å². The first-order chi connectivity index (χ1) is 14.0. The van der Waals surface area contributed by atoms with E-state index < -0.39 is 5.82 Å². The van der Waals surface area contributed by atoms with Gasteiger partial charge in [-0.15, -0.1) is 0 Å². The number of ketones is 1. The van der Waals surface area contributed by atoms with E-state index in [9.17, 15) is 14.0 Å². The van der Waals surface area contributed by atoms with Crippen molar-refractivity contribution in [3.8, 4) is 5.75 Å². The van der Waals surface area contributed by atoms with Crippen LogP contribution in [0.5, 0.6) is 5.75 Å². The molecule has 1 N–H and O–H groups in total. The van der Waals surface area contributed by atoms with E-state index >= 15 is 0 Å². The lowest BCUT2D eigenvalue weighted by molar-refractivity contribution is -0.0402. The molecular weight excluding hydrogens is 377 g/mol. The highest BCUT2D eigenvalue weighted by molar-refractivity contribution is 6.04. The number of ether oxygens (including phenoxy) is 2. The van der Waals surface area contributed by atoms with Crippen molar-refractivity contribution >= 4 is 22.6 Å². The van der Waals surface area contributed by atoms with E-state index in [2.05, 4.69) is 10.2 Å². The highest BCUT2D eigenvalue weighted by atomic mass is 19.1. The molecule has 1 saturated heterocycles. The van der Waals surface area contributed by atoms with Crippen molar-refractivity contribution in [2.45, 2.75) is 13.0 Å². The van der Waals surface area contributed by atoms with Gasteiger partial charge in [-0.25, -0.2) is 4.39 Å². The minimum atomic E-state index is -0.500. The quantitative estimate of drug-likeness (QED) is 0.670. The molecule has 0 bridgehead atoms. The number of fused-ring (bicyclic) bond motifs is 1. The maximum absolute atomic E-state index is 13.4. The molecular formula is C21H20FN3O4. The van der Waals surface area contributed by atoms with E-state index in [0.717, 1.165) is 17.0 Å². The van der Waals surface area contributed by atoms with Gasteiger partial charge in [-0.05, 0) is 31.2 Å². The van der Waals surface area contributed by atoms with E-state index in [4.69, 9.17) is 9.47 Å². The third-order valence-corrected chi connectivity index (χ3v) is 4.84. The van der Waals surface area contributed by atoms with Crippen LogP contribution in [0.1, 0.15) is 27.8 Å². The number of rotatable bonds is 5. The number of nitrogens with one attached hydrogen (secondary N) is 1. The van der Waals surface area contributed by atoms with Crippen molar-refractivity contribution in [1.82, 2.24) is 15.1 Å². The second-order valence-corrected chi connectivity index (χ2v) is 6.87. The number of para-hydroxylation sites is 1. The number of hydrogen-bond acceptors (Lipinski definition) is 5. The van der Waals surface area contributed by atoms with Crippen LogP contribution < -0.4 is 4.74 Å². The number of carbonyl (C=O) groups is 2. The Morgan fingerprint density at radius 2 is 2.14 bits per heavy atom. The van der Waals surface area contributed by atoms with Gasteiger partial charge in [0.25, 0.3) is 5.91 Å². The van der Waals surface area contributed by atoms with E-state index in [0.29, 0.717) is 31.1 Å². The average Bonchev–Trinajstić information content (AvgIpc) is 3.16. The molecule has 1 aliphatic heterocycles. The largest absolute Gasteiger partial charge is 0.490 e. The summed E-state index contributed by atoms with van der Waals surface area (Å²) in [5.41, 5.74) is 1.35. The average molecular weight is 397 g/mol. The Hall–Kier alpha value is -3.26. The Morgan fingerprint density at radius 1 is 1.31 bits per heavy atom. The molecule has 0 radical (unpaired) electrons. The predicted octanol–water partition coefficient (Wildman–Crippen LogP) is 2.82. The minimum Gasteiger partial charge on any atom is -0.490 e. The number of nitrogens with zero attached hydrogens (tertiary/aromatic N) is 2. The number of H-pyrrole nitrogens is 1. The fourth-order valence-corrected chi connectivity index (χ4v) is 3.37. The molecule has 0 spiro atoms. The number of aromatic nitrogens is 2. The second kappa shape index (κ2) is 8.00. The molecule has 8 heteroatoms. The number of benzene rings is 2. The zero-order valence-electron chi connectivity index (χ0n) is 15.9. The summed E-state index contributed by atoms with van der Waals surface area (Å²) in [5, 5.41) is 7.81. The summed E-state index contributed by atoms with van der Waals surface area (Å²) in [6.07, 6.45) is -0.372. The van der Waals surface area contributed by atoms with Gasteiger partial charge in [0.05, 0.1) is 24.2 Å². The minimum absolute atomic E-state index is 0.136. The summed E-state index contributed by atoms with van der Waals surface area (Å²) >= 11 is 0. The first kappa shape index (κ1) is 19.1. The summed E-state index contributed by atoms with van der Waals surface area (Å²) in [4.78, 5) is 26.3. The smallest absolute Gasteiger partial charge is 0.275 e. The van der Waals surface area contributed by atoms with Crippen LogP contribution in [0, 0.1) is 5.82 Å². The first-order valence-electron chi connectivity index (χ1n) is 9.30. The van der Waals surface area contributed by atoms with Gasteiger partial charge in [0.2, 0.25) is 0 Å². The predicted molar refractivity (Wildman–Crippen MR) is 104 cm³/mol. The third kappa shape index (κ3) is 3.97. The van der Waals surface area contributed by atoms with Gasteiger partial charge in [-0.3, -0.25) is 14.7 Å². The Balaban J connectivity index is 1.44. The van der Waals surface area contributed by atoms with Crippen LogP contribution >= 0.6 is 0 Å². The Bertz CT molecular complexity index is 1070. The fraction of sp³-hybridized carbons (Fsp3) is 0.286. The molecule has 1 aromatic heterocycles. The molecule has 2 aromatic carbocycles. The van der Waals surface area contributed by atoms with Crippen molar-refractivity contribution < 1.29 is 23.5 Å². The van der Waals surface area contributed by atoms with Gasteiger partial charge < -0.3 is 14.4 Å². The molecule has 1 unspecified atom stereocenters. The molecule has 150 valence electrons. The molecule has 1 aliphatic rings. The zero-order chi connectivity index (χ0) is 20.4. The van der Waals surface area contributed by atoms with Crippen LogP contribution in [-0.2, 0) is 4.74 Å². The number of amides is 1. The van der Waals surface area contributed by atoms with Crippen molar-refractivity contribution in [2.24, 2.45) is 0 Å². The molecule has 0 saturated carbocycles. The number of halogens is 1. The molecule has 4 rings (SSSR count). The van der Waals surface area contributed by atoms with Gasteiger partial charge in [-0.1, -0.05) is 18.2 Å². The summed E-state index contributed by atoms with van der Waals surface area (Å²) in [5.74, 6) is -0.669. The second-order valence-electron chi connectivity index (χ2n) is 6.87. The summed E-state index contributed by atoms with van der Waals surface area (Å²) in [6.45, 7) is 2.64. The standard InChI is InChI=1S/C21H20FN3O4/c1-13(26)17-10-14(22)6-7-19(17)29-12-15-11-25(8-9-28-15)21(27)20-16-4-2-3-5-18(16)23-24-20/h2-7,10,15H,8-9,11-12H2,1H3,(H,23,24). The summed E-state index contributed by atoms with van der Waals surface area (Å²) in [6, 6.07) is 11.3. The lowest BCUT2D eigenvalue weighted by atomic mass is 10.1. The zero-order valence-corrected chi connectivity index (χ0v) is 15.9. The number of Topliss-reactive ketones (excluding diaryl/α,β-unsaturated/α-hetero) is 1. The normalized spacial score (nSPS) is 16.8. The lowest BCUT2D eigenvalue weighted by Gasteiger charge is -2.32. The van der Waals surface area contributed by atoms with E-state index in [1.807, 2.05) is 24.3 Å². The van der Waals surface area contributed by atoms with Crippen LogP contribution in [0.15, 0.2) is 42.5 Å². The molecule has 7 nitrogen and oxygen atoms in total. The number of hydrogen-bond donors (Lipinski definition) is 1. The molecule has 1 fully saturated rings. The Morgan fingerprint density at radius 3 is 2.97 bits per heavy atom. The highest BCUT2D eigenvalue weighted by Crippen LogP contribution is 2.22. The van der Waals surface area contributed by atoms with Crippen molar-refractivity contribution in [1.29, 1.82) is 0 Å². The molecule has 3 aromatic rings. The van der Waals surface area contributed by atoms with Crippen LogP contribution in [0.3, 0.4) is 0 Å². The SMILES string of the molecule is CC(=O)c1cc(F)ccc1OCC1CN(C(=O)c2n[nH]c3ccccc23)CCO1. The van der Waals surface area contributed by atoms with E-state index in [-0.39, 0.29) is 30.0 Å². The maximum Gasteiger partial charge on any atom is 0.275 e. The molecule has 29 heavy (non-hydrogen) atoms. The Labute approximate surface area is 166 Å². The lowest BCUT2D eigenvalue weighted by Crippen LogP contribution is -2.47. The number of morpholine rings is 1. The van der Waals surface area contributed by atoms with Crippen LogP contribution in [-0.4, -0.2) is 59.2 Å². The summed E-state index contributed by atoms with van der Waals surface area (Å²) in [7, 11) is 0. The summed E-state index contributed by atoms with van der Waals surface area (Å²) < 4.78 is 24.8.